The number of aromatic amines is 1. The van der Waals surface area contributed by atoms with Gasteiger partial charge in [0.15, 0.2) is 0 Å². The van der Waals surface area contributed by atoms with Crippen molar-refractivity contribution in [1.29, 1.82) is 0 Å². The number of nitrogens with zero attached hydrogens (tertiary/aromatic N) is 1. The number of fused-ring (bicyclic) bond motifs is 1. The zero-order chi connectivity index (χ0) is 9.26. The summed E-state index contributed by atoms with van der Waals surface area (Å²) in [6, 6.07) is 7.79. The van der Waals surface area contributed by atoms with Gasteiger partial charge in [-0.15, -0.1) is 0 Å². The van der Waals surface area contributed by atoms with E-state index in [2.05, 4.69) is 30.9 Å². The van der Waals surface area contributed by atoms with Gasteiger partial charge in [0, 0.05) is 0 Å². The van der Waals surface area contributed by atoms with Gasteiger partial charge in [0.05, 0.1) is 0 Å². The van der Waals surface area contributed by atoms with Crippen LogP contribution in [0.1, 0.15) is 0 Å². The van der Waals surface area contributed by atoms with Crippen LogP contribution in [0.25, 0.3) is 11.0 Å². The second-order valence-electron chi connectivity index (χ2n) is 2.59. The van der Waals surface area contributed by atoms with Crippen molar-refractivity contribution in [3.8, 4) is 0 Å². The predicted molar refractivity (Wildman–Crippen MR) is 54.7 cm³/mol. The summed E-state index contributed by atoms with van der Waals surface area (Å²) in [6.07, 6.45) is 0. The molecule has 2 rings (SSSR count). The number of para-hydroxylation sites is 2. The molecule has 0 amide bonds. The summed E-state index contributed by atoms with van der Waals surface area (Å²) in [5, 5.41) is 2.87. The molecule has 4 N–H and O–H groups in total. The first-order valence-electron chi connectivity index (χ1n) is 3.77. The molecule has 0 saturated heterocycles. The number of imidazole rings is 1. The molecule has 0 saturated carbocycles. The Morgan fingerprint density at radius 1 is 1.46 bits per heavy atom. The van der Waals surface area contributed by atoms with E-state index in [1.54, 1.807) is 0 Å². The van der Waals surface area contributed by atoms with Gasteiger partial charge in [0.25, 0.3) is 0 Å². The number of H-pyrrole nitrogens is 1. The normalized spacial score (nSPS) is 10.2. The molecule has 0 spiro atoms. The maximum atomic E-state index is 5.44. The van der Waals surface area contributed by atoms with E-state index in [9.17, 15) is 0 Å². The molecule has 0 bridgehead atoms. The van der Waals surface area contributed by atoms with Crippen molar-refractivity contribution in [3.05, 3.63) is 24.3 Å². The topological polar surface area (TPSA) is 66.7 Å². The van der Waals surface area contributed by atoms with E-state index < -0.39 is 0 Å². The summed E-state index contributed by atoms with van der Waals surface area (Å²) in [5.74, 6) is 0.650. The number of aromatic nitrogens is 2. The zero-order valence-corrected chi connectivity index (χ0v) is 8.46. The summed E-state index contributed by atoms with van der Waals surface area (Å²) in [5.41, 5.74) is 7.35. The number of hydrogen-bond acceptors (Lipinski definition) is 3. The molecule has 0 atom stereocenters. The van der Waals surface area contributed by atoms with Crippen LogP contribution in [0, 0.1) is 0 Å². The molecular formula is C8H8N4Se. The summed E-state index contributed by atoms with van der Waals surface area (Å²) in [7, 11) is 0. The molecule has 1 heterocycles. The third-order valence-electron chi connectivity index (χ3n) is 1.63. The van der Waals surface area contributed by atoms with Crippen LogP contribution in [0.4, 0.5) is 5.95 Å². The van der Waals surface area contributed by atoms with Crippen LogP contribution in [0.2, 0.25) is 0 Å². The van der Waals surface area contributed by atoms with Crippen LogP contribution in [0.15, 0.2) is 24.3 Å². The van der Waals surface area contributed by atoms with Gasteiger partial charge in [0.1, 0.15) is 0 Å². The fourth-order valence-corrected chi connectivity index (χ4v) is 1.33. The van der Waals surface area contributed by atoms with Crippen molar-refractivity contribution < 1.29 is 0 Å². The van der Waals surface area contributed by atoms with Crippen LogP contribution < -0.4 is 11.1 Å². The fraction of sp³-hybridized carbons (Fsp3) is 0. The number of anilines is 1. The van der Waals surface area contributed by atoms with Crippen molar-refractivity contribution in [2.75, 3.05) is 5.32 Å². The van der Waals surface area contributed by atoms with Gasteiger partial charge in [-0.2, -0.15) is 0 Å². The summed E-state index contributed by atoms with van der Waals surface area (Å²) in [6.45, 7) is 0. The van der Waals surface area contributed by atoms with Crippen molar-refractivity contribution >= 4 is 37.2 Å². The third-order valence-corrected chi connectivity index (χ3v) is 1.85. The minimum absolute atomic E-state index is 0.499. The van der Waals surface area contributed by atoms with Gasteiger partial charge in [-0.3, -0.25) is 0 Å². The zero-order valence-electron chi connectivity index (χ0n) is 6.74. The molecular weight excluding hydrogens is 231 g/mol. The van der Waals surface area contributed by atoms with Gasteiger partial charge in [0.2, 0.25) is 0 Å². The second-order valence-corrected chi connectivity index (χ2v) is 3.51. The molecule has 5 heteroatoms. The minimum atomic E-state index is 0.499. The molecule has 0 fully saturated rings. The third kappa shape index (κ3) is 1.71. The number of nitrogens with one attached hydrogen (secondary N) is 2. The molecule has 1 aromatic heterocycles. The van der Waals surface area contributed by atoms with Crippen molar-refractivity contribution in [3.63, 3.8) is 0 Å². The summed E-state index contributed by atoms with van der Waals surface area (Å²) >= 11 is 2.66. The van der Waals surface area contributed by atoms with E-state index >= 15 is 0 Å². The Labute approximate surface area is 82.9 Å². The first-order valence-corrected chi connectivity index (χ1v) is 4.62. The Bertz CT molecular complexity index is 415. The summed E-state index contributed by atoms with van der Waals surface area (Å²) in [4.78, 5) is 7.35. The Morgan fingerprint density at radius 2 is 2.23 bits per heavy atom. The van der Waals surface area contributed by atoms with Gasteiger partial charge < -0.3 is 0 Å². The van der Waals surface area contributed by atoms with Crippen molar-refractivity contribution in [2.24, 2.45) is 5.73 Å². The summed E-state index contributed by atoms with van der Waals surface area (Å²) < 4.78 is 0.499. The number of hydrogen-bond donors (Lipinski definition) is 3. The monoisotopic (exact) mass is 240 g/mol. The molecule has 0 aliphatic rings. The van der Waals surface area contributed by atoms with E-state index in [1.807, 2.05) is 24.3 Å². The molecule has 4 nitrogen and oxygen atoms in total. The number of nitrogens with two attached hydrogens (primary N) is 1. The van der Waals surface area contributed by atoms with Gasteiger partial charge in [-0.1, -0.05) is 0 Å². The van der Waals surface area contributed by atoms with Gasteiger partial charge in [-0.25, -0.2) is 0 Å². The average Bonchev–Trinajstić information content (AvgIpc) is 2.44. The molecule has 2 aromatic rings. The van der Waals surface area contributed by atoms with E-state index in [4.69, 9.17) is 5.73 Å². The Balaban J connectivity index is 2.44. The van der Waals surface area contributed by atoms with E-state index in [1.165, 1.54) is 0 Å². The van der Waals surface area contributed by atoms with Gasteiger partial charge >= 0.3 is 82.5 Å². The molecule has 0 unspecified atom stereocenters. The van der Waals surface area contributed by atoms with Crippen LogP contribution >= 0.6 is 0 Å². The maximum absolute atomic E-state index is 5.44. The Kier molecular flexibility index (Phi) is 2.04. The molecule has 0 aliphatic heterocycles. The van der Waals surface area contributed by atoms with E-state index in [0.29, 0.717) is 10.6 Å². The average molecular weight is 239 g/mol. The Morgan fingerprint density at radius 3 is 2.92 bits per heavy atom. The number of rotatable bonds is 2. The molecule has 0 aliphatic carbocycles. The quantitative estimate of drug-likeness (QED) is 0.655. The molecule has 13 heavy (non-hydrogen) atoms. The fourth-order valence-electron chi connectivity index (χ4n) is 1.13. The Hall–Kier alpha value is -1.32. The predicted octanol–water partition coefficient (Wildman–Crippen LogP) is 0.189. The molecule has 66 valence electrons. The first kappa shape index (κ1) is 8.29. The SMILES string of the molecule is NC(=[Se])Nc1nc2ccccc2[nH]1. The molecule has 1 aromatic carbocycles. The van der Waals surface area contributed by atoms with Crippen LogP contribution in [-0.4, -0.2) is 30.2 Å². The van der Waals surface area contributed by atoms with E-state index in [0.717, 1.165) is 11.0 Å². The number of benzene rings is 1. The standard InChI is InChI=1S/C8H8N4Se/c9-7(13)12-8-10-5-3-1-2-4-6(5)11-8/h1-4H,(H4,9,10,11,12,13). The second kappa shape index (κ2) is 3.20. The van der Waals surface area contributed by atoms with E-state index in [-0.39, 0.29) is 0 Å². The molecule has 0 radical (unpaired) electrons. The van der Waals surface area contributed by atoms with Crippen LogP contribution in [0.3, 0.4) is 0 Å². The van der Waals surface area contributed by atoms with Crippen molar-refractivity contribution in [2.45, 2.75) is 0 Å². The van der Waals surface area contributed by atoms with Crippen molar-refractivity contribution in [1.82, 2.24) is 9.97 Å². The van der Waals surface area contributed by atoms with Crippen LogP contribution in [0.5, 0.6) is 0 Å². The van der Waals surface area contributed by atoms with Gasteiger partial charge in [-0.05, 0) is 0 Å². The van der Waals surface area contributed by atoms with Crippen LogP contribution in [-0.2, 0) is 0 Å². The first-order chi connectivity index (χ1) is 6.25.